The van der Waals surface area contributed by atoms with Crippen molar-refractivity contribution in [3.63, 3.8) is 0 Å². The largest absolute Gasteiger partial charge is 0.468 e. The monoisotopic (exact) mass is 175 g/mol. The van der Waals surface area contributed by atoms with E-state index >= 15 is 0 Å². The second-order valence-electron chi connectivity index (χ2n) is 2.26. The van der Waals surface area contributed by atoms with E-state index in [0.717, 1.165) is 0 Å². The maximum atomic E-state index is 11.0. The molecule has 0 saturated carbocycles. The van der Waals surface area contributed by atoms with Gasteiger partial charge >= 0.3 is 5.97 Å². The number of esters is 1. The highest BCUT2D eigenvalue weighted by atomic mass is 16.5. The van der Waals surface area contributed by atoms with Crippen molar-refractivity contribution in [3.8, 4) is 0 Å². The molecule has 0 atom stereocenters. The Labute approximate surface area is 71.2 Å². The SMILES string of the molecule is COCC(=O)N(C)CC(=O)OC. The van der Waals surface area contributed by atoms with Crippen LogP contribution in [-0.4, -0.2) is 51.2 Å². The Bertz CT molecular complexity index is 169. The molecule has 0 radical (unpaired) electrons. The molecule has 5 heteroatoms. The summed E-state index contributed by atoms with van der Waals surface area (Å²) in [5, 5.41) is 0. The fourth-order valence-corrected chi connectivity index (χ4v) is 0.580. The molecular weight excluding hydrogens is 162 g/mol. The van der Waals surface area contributed by atoms with Crippen LogP contribution in [0.3, 0.4) is 0 Å². The fraction of sp³-hybridized carbons (Fsp3) is 0.714. The lowest BCUT2D eigenvalue weighted by Gasteiger charge is -2.14. The highest BCUT2D eigenvalue weighted by Crippen LogP contribution is 1.86. The molecule has 0 bridgehead atoms. The minimum absolute atomic E-state index is 0.0203. The average Bonchev–Trinajstić information content (AvgIpc) is 2.04. The Hall–Kier alpha value is -1.10. The molecule has 0 N–H and O–H groups in total. The van der Waals surface area contributed by atoms with Gasteiger partial charge < -0.3 is 14.4 Å². The standard InChI is InChI=1S/C7H13NO4/c1-8(4-7(10)12-3)6(9)5-11-2/h4-5H2,1-3H3. The average molecular weight is 175 g/mol. The third-order valence-electron chi connectivity index (χ3n) is 1.29. The van der Waals surface area contributed by atoms with E-state index in [1.807, 2.05) is 0 Å². The Morgan fingerprint density at radius 2 is 1.92 bits per heavy atom. The lowest BCUT2D eigenvalue weighted by molar-refractivity contribution is -0.147. The smallest absolute Gasteiger partial charge is 0.325 e. The number of rotatable bonds is 4. The predicted octanol–water partition coefficient (Wildman–Crippen LogP) is -0.736. The first-order valence-electron chi connectivity index (χ1n) is 3.41. The molecule has 0 aromatic heterocycles. The van der Waals surface area contributed by atoms with Gasteiger partial charge in [0.25, 0.3) is 0 Å². The van der Waals surface area contributed by atoms with Crippen molar-refractivity contribution in [3.05, 3.63) is 0 Å². The van der Waals surface area contributed by atoms with E-state index in [1.54, 1.807) is 0 Å². The molecule has 0 unspecified atom stereocenters. The van der Waals surface area contributed by atoms with Crippen LogP contribution in [0.1, 0.15) is 0 Å². The van der Waals surface area contributed by atoms with Crippen LogP contribution < -0.4 is 0 Å². The van der Waals surface area contributed by atoms with Crippen LogP contribution in [0.25, 0.3) is 0 Å². The van der Waals surface area contributed by atoms with Crippen LogP contribution in [0, 0.1) is 0 Å². The molecular formula is C7H13NO4. The Morgan fingerprint density at radius 1 is 1.33 bits per heavy atom. The van der Waals surface area contributed by atoms with Crippen molar-refractivity contribution >= 4 is 11.9 Å². The maximum Gasteiger partial charge on any atom is 0.325 e. The van der Waals surface area contributed by atoms with Gasteiger partial charge in [0.15, 0.2) is 0 Å². The lowest BCUT2D eigenvalue weighted by Crippen LogP contribution is -2.34. The summed E-state index contributed by atoms with van der Waals surface area (Å²) in [6.45, 7) is -0.0633. The molecule has 0 aliphatic carbocycles. The molecule has 0 saturated heterocycles. The fourth-order valence-electron chi connectivity index (χ4n) is 0.580. The summed E-state index contributed by atoms with van der Waals surface area (Å²) >= 11 is 0. The van der Waals surface area contributed by atoms with Crippen LogP contribution >= 0.6 is 0 Å². The number of likely N-dealkylation sites (N-methyl/N-ethyl adjacent to an activating group) is 1. The molecule has 0 aromatic rings. The van der Waals surface area contributed by atoms with Gasteiger partial charge in [-0.2, -0.15) is 0 Å². The van der Waals surface area contributed by atoms with Crippen molar-refractivity contribution < 1.29 is 19.1 Å². The van der Waals surface area contributed by atoms with Crippen LogP contribution in [0.4, 0.5) is 0 Å². The van der Waals surface area contributed by atoms with Crippen molar-refractivity contribution in [2.75, 3.05) is 34.4 Å². The minimum atomic E-state index is -0.443. The molecule has 0 spiro atoms. The number of methoxy groups -OCH3 is 2. The number of nitrogens with zero attached hydrogens (tertiary/aromatic N) is 1. The van der Waals surface area contributed by atoms with Crippen molar-refractivity contribution in [1.29, 1.82) is 0 Å². The number of carbonyl (C=O) groups excluding carboxylic acids is 2. The molecule has 0 fully saturated rings. The molecule has 0 aliphatic rings. The molecule has 0 aromatic carbocycles. The van der Waals surface area contributed by atoms with Gasteiger partial charge in [0.2, 0.25) is 5.91 Å². The zero-order valence-corrected chi connectivity index (χ0v) is 7.49. The minimum Gasteiger partial charge on any atom is -0.468 e. The van der Waals surface area contributed by atoms with E-state index in [0.29, 0.717) is 0 Å². The predicted molar refractivity (Wildman–Crippen MR) is 41.5 cm³/mol. The molecule has 1 amide bonds. The normalized spacial score (nSPS) is 9.25. The molecule has 70 valence electrons. The summed E-state index contributed by atoms with van der Waals surface area (Å²) in [4.78, 5) is 22.9. The van der Waals surface area contributed by atoms with Gasteiger partial charge in [-0.25, -0.2) is 0 Å². The second-order valence-corrected chi connectivity index (χ2v) is 2.26. The number of hydrogen-bond acceptors (Lipinski definition) is 4. The van der Waals surface area contributed by atoms with Crippen LogP contribution in [-0.2, 0) is 19.1 Å². The lowest BCUT2D eigenvalue weighted by atomic mass is 10.5. The Balaban J connectivity index is 3.78. The maximum absolute atomic E-state index is 11.0. The second kappa shape index (κ2) is 5.54. The molecule has 12 heavy (non-hydrogen) atoms. The van der Waals surface area contributed by atoms with Crippen LogP contribution in [0.5, 0.6) is 0 Å². The first kappa shape index (κ1) is 10.9. The van der Waals surface area contributed by atoms with Gasteiger partial charge in [0.05, 0.1) is 7.11 Å². The summed E-state index contributed by atoms with van der Waals surface area (Å²) in [6.07, 6.45) is 0. The van der Waals surface area contributed by atoms with E-state index in [4.69, 9.17) is 0 Å². The summed E-state index contributed by atoms with van der Waals surface area (Å²) in [5.41, 5.74) is 0. The van der Waals surface area contributed by atoms with Crippen LogP contribution in [0.2, 0.25) is 0 Å². The van der Waals surface area contributed by atoms with Gasteiger partial charge in [-0.15, -0.1) is 0 Å². The summed E-state index contributed by atoms with van der Waals surface area (Å²) < 4.78 is 8.97. The van der Waals surface area contributed by atoms with Crippen molar-refractivity contribution in [2.24, 2.45) is 0 Å². The Morgan fingerprint density at radius 3 is 2.33 bits per heavy atom. The highest BCUT2D eigenvalue weighted by molar-refractivity contribution is 5.82. The van der Waals surface area contributed by atoms with Crippen LogP contribution in [0.15, 0.2) is 0 Å². The first-order valence-corrected chi connectivity index (χ1v) is 3.41. The molecule has 0 heterocycles. The van der Waals surface area contributed by atoms with Crippen molar-refractivity contribution in [2.45, 2.75) is 0 Å². The summed E-state index contributed by atoms with van der Waals surface area (Å²) in [5.74, 6) is -0.690. The first-order chi connectivity index (χ1) is 5.61. The van der Waals surface area contributed by atoms with E-state index in [9.17, 15) is 9.59 Å². The Kier molecular flexibility index (Phi) is 5.03. The topological polar surface area (TPSA) is 55.8 Å². The van der Waals surface area contributed by atoms with E-state index in [1.165, 1.54) is 26.2 Å². The zero-order chi connectivity index (χ0) is 9.56. The van der Waals surface area contributed by atoms with Gasteiger partial charge in [0, 0.05) is 14.2 Å². The van der Waals surface area contributed by atoms with Gasteiger partial charge in [0.1, 0.15) is 13.2 Å². The highest BCUT2D eigenvalue weighted by Gasteiger charge is 2.11. The van der Waals surface area contributed by atoms with E-state index < -0.39 is 5.97 Å². The van der Waals surface area contributed by atoms with Crippen molar-refractivity contribution in [1.82, 2.24) is 4.90 Å². The summed E-state index contributed by atoms with van der Waals surface area (Å²) in [7, 11) is 4.21. The number of carbonyl (C=O) groups is 2. The number of ether oxygens (including phenoxy) is 2. The van der Waals surface area contributed by atoms with Gasteiger partial charge in [-0.1, -0.05) is 0 Å². The zero-order valence-electron chi connectivity index (χ0n) is 7.49. The third-order valence-corrected chi connectivity index (χ3v) is 1.29. The van der Waals surface area contributed by atoms with E-state index in [-0.39, 0.29) is 19.1 Å². The quantitative estimate of drug-likeness (QED) is 0.528. The summed E-state index contributed by atoms with van der Waals surface area (Å²) in [6, 6.07) is 0. The third kappa shape index (κ3) is 3.92. The molecule has 0 rings (SSSR count). The van der Waals surface area contributed by atoms with Gasteiger partial charge in [-0.05, 0) is 0 Å². The number of amides is 1. The molecule has 0 aliphatic heterocycles. The van der Waals surface area contributed by atoms with Gasteiger partial charge in [-0.3, -0.25) is 9.59 Å². The van der Waals surface area contributed by atoms with E-state index in [2.05, 4.69) is 9.47 Å². The molecule has 5 nitrogen and oxygen atoms in total. The number of hydrogen-bond donors (Lipinski definition) is 0.